The van der Waals surface area contributed by atoms with E-state index in [9.17, 15) is 0 Å². The van der Waals surface area contributed by atoms with Gasteiger partial charge in [0.1, 0.15) is 5.75 Å². The Balaban J connectivity index is 2.08. The third kappa shape index (κ3) is 3.95. The molecule has 0 aliphatic heterocycles. The van der Waals surface area contributed by atoms with Gasteiger partial charge in [-0.15, -0.1) is 0 Å². The predicted molar refractivity (Wildman–Crippen MR) is 79.2 cm³/mol. The number of ether oxygens (including phenoxy) is 1. The molecule has 2 rings (SSSR count). The molecule has 19 heavy (non-hydrogen) atoms. The molecule has 0 unspecified atom stereocenters. The maximum atomic E-state index is 5.79. The molecule has 1 aliphatic carbocycles. The van der Waals surface area contributed by atoms with Crippen LogP contribution >= 0.6 is 0 Å². The Hall–Kier alpha value is -1.06. The molecule has 0 heterocycles. The molecule has 0 spiro atoms. The Morgan fingerprint density at radius 2 is 2.11 bits per heavy atom. The average molecular weight is 262 g/mol. The van der Waals surface area contributed by atoms with E-state index in [0.29, 0.717) is 12.5 Å². The van der Waals surface area contributed by atoms with Gasteiger partial charge in [-0.3, -0.25) is 4.90 Å². The smallest absolute Gasteiger partial charge is 0.123 e. The zero-order valence-electron chi connectivity index (χ0n) is 12.4. The average Bonchev–Trinajstić information content (AvgIpc) is 3.21. The van der Waals surface area contributed by atoms with Crippen LogP contribution in [-0.2, 0) is 13.1 Å². The van der Waals surface area contributed by atoms with Crippen molar-refractivity contribution in [3.05, 3.63) is 29.3 Å². The molecule has 0 saturated heterocycles. The summed E-state index contributed by atoms with van der Waals surface area (Å²) in [5.41, 5.74) is 8.22. The van der Waals surface area contributed by atoms with Crippen molar-refractivity contribution in [1.82, 2.24) is 4.90 Å². The van der Waals surface area contributed by atoms with E-state index in [1.807, 2.05) is 6.07 Å². The lowest BCUT2D eigenvalue weighted by Crippen LogP contribution is -2.29. The topological polar surface area (TPSA) is 38.5 Å². The summed E-state index contributed by atoms with van der Waals surface area (Å²) in [5, 5.41) is 0. The molecule has 0 amide bonds. The van der Waals surface area contributed by atoms with Gasteiger partial charge in [0.25, 0.3) is 0 Å². The first kappa shape index (κ1) is 14.4. The molecule has 2 N–H and O–H groups in total. The third-order valence-electron chi connectivity index (χ3n) is 3.61. The van der Waals surface area contributed by atoms with Crippen LogP contribution in [-0.4, -0.2) is 24.6 Å². The quantitative estimate of drug-likeness (QED) is 0.821. The van der Waals surface area contributed by atoms with Crippen molar-refractivity contribution < 1.29 is 4.74 Å². The first-order valence-corrected chi connectivity index (χ1v) is 7.24. The monoisotopic (exact) mass is 262 g/mol. The Kier molecular flexibility index (Phi) is 4.83. The minimum atomic E-state index is 0.532. The lowest BCUT2D eigenvalue weighted by Gasteiger charge is -2.24. The van der Waals surface area contributed by atoms with Crippen molar-refractivity contribution in [2.45, 2.75) is 45.8 Å². The number of rotatable bonds is 7. The predicted octanol–water partition coefficient (Wildman–Crippen LogP) is 2.77. The van der Waals surface area contributed by atoms with E-state index in [4.69, 9.17) is 10.5 Å². The Morgan fingerprint density at radius 1 is 1.37 bits per heavy atom. The van der Waals surface area contributed by atoms with Gasteiger partial charge in [0.15, 0.2) is 0 Å². The largest absolute Gasteiger partial charge is 0.496 e. The lowest BCUT2D eigenvalue weighted by molar-refractivity contribution is 0.226. The summed E-state index contributed by atoms with van der Waals surface area (Å²) >= 11 is 0. The maximum absolute atomic E-state index is 5.79. The fraction of sp³-hybridized carbons (Fsp3) is 0.625. The fourth-order valence-electron chi connectivity index (χ4n) is 2.58. The van der Waals surface area contributed by atoms with E-state index >= 15 is 0 Å². The highest BCUT2D eigenvalue weighted by molar-refractivity contribution is 5.37. The van der Waals surface area contributed by atoms with Crippen molar-refractivity contribution in [2.24, 2.45) is 11.7 Å². The molecule has 1 saturated carbocycles. The van der Waals surface area contributed by atoms with Crippen LogP contribution < -0.4 is 10.5 Å². The fourth-order valence-corrected chi connectivity index (χ4v) is 2.58. The SMILES string of the molecule is COc1ccc(CN(CC(C)C)C2CC2)cc1CN. The third-order valence-corrected chi connectivity index (χ3v) is 3.61. The number of nitrogens with zero attached hydrogens (tertiary/aromatic N) is 1. The molecule has 0 bridgehead atoms. The normalized spacial score (nSPS) is 15.3. The van der Waals surface area contributed by atoms with Gasteiger partial charge in [-0.05, 0) is 36.5 Å². The second-order valence-electron chi connectivity index (χ2n) is 5.90. The van der Waals surface area contributed by atoms with Crippen molar-refractivity contribution in [3.8, 4) is 5.75 Å². The minimum Gasteiger partial charge on any atom is -0.496 e. The molecule has 0 radical (unpaired) electrons. The van der Waals surface area contributed by atoms with Crippen LogP contribution in [0, 0.1) is 5.92 Å². The van der Waals surface area contributed by atoms with Gasteiger partial charge in [0, 0.05) is 31.2 Å². The number of hydrogen-bond acceptors (Lipinski definition) is 3. The van der Waals surface area contributed by atoms with Crippen LogP contribution in [0.15, 0.2) is 18.2 Å². The van der Waals surface area contributed by atoms with Crippen molar-refractivity contribution in [2.75, 3.05) is 13.7 Å². The van der Waals surface area contributed by atoms with Crippen molar-refractivity contribution in [3.63, 3.8) is 0 Å². The zero-order valence-corrected chi connectivity index (χ0v) is 12.4. The summed E-state index contributed by atoms with van der Waals surface area (Å²) in [4.78, 5) is 2.60. The molecule has 3 heteroatoms. The van der Waals surface area contributed by atoms with E-state index in [1.54, 1.807) is 7.11 Å². The van der Waals surface area contributed by atoms with E-state index in [-0.39, 0.29) is 0 Å². The molecule has 3 nitrogen and oxygen atoms in total. The van der Waals surface area contributed by atoms with Crippen LogP contribution in [0.3, 0.4) is 0 Å². The minimum absolute atomic E-state index is 0.532. The van der Waals surface area contributed by atoms with Gasteiger partial charge < -0.3 is 10.5 Å². The summed E-state index contributed by atoms with van der Waals surface area (Å²) < 4.78 is 5.33. The summed E-state index contributed by atoms with van der Waals surface area (Å²) in [7, 11) is 1.70. The van der Waals surface area contributed by atoms with Gasteiger partial charge in [0.2, 0.25) is 0 Å². The van der Waals surface area contributed by atoms with Gasteiger partial charge in [-0.2, -0.15) is 0 Å². The zero-order chi connectivity index (χ0) is 13.8. The summed E-state index contributed by atoms with van der Waals surface area (Å²) in [5.74, 6) is 1.61. The van der Waals surface area contributed by atoms with Crippen molar-refractivity contribution in [1.29, 1.82) is 0 Å². The van der Waals surface area contributed by atoms with Crippen LogP contribution in [0.25, 0.3) is 0 Å². The van der Waals surface area contributed by atoms with Crippen LogP contribution in [0.4, 0.5) is 0 Å². The first-order chi connectivity index (χ1) is 9.13. The highest BCUT2D eigenvalue weighted by Gasteiger charge is 2.29. The number of hydrogen-bond donors (Lipinski definition) is 1. The van der Waals surface area contributed by atoms with E-state index in [0.717, 1.165) is 23.9 Å². The standard InChI is InChI=1S/C16H26N2O/c1-12(2)10-18(15-5-6-15)11-13-4-7-16(19-3)14(8-13)9-17/h4,7-8,12,15H,5-6,9-11,17H2,1-3H3. The molecule has 0 atom stereocenters. The first-order valence-electron chi connectivity index (χ1n) is 7.24. The van der Waals surface area contributed by atoms with Gasteiger partial charge >= 0.3 is 0 Å². The number of methoxy groups -OCH3 is 1. The molecule has 0 aromatic heterocycles. The molecule has 1 fully saturated rings. The second-order valence-corrected chi connectivity index (χ2v) is 5.90. The van der Waals surface area contributed by atoms with E-state index in [1.165, 1.54) is 24.9 Å². The van der Waals surface area contributed by atoms with E-state index in [2.05, 4.69) is 30.9 Å². The Bertz CT molecular complexity index is 413. The van der Waals surface area contributed by atoms with Gasteiger partial charge in [-0.1, -0.05) is 19.9 Å². The summed E-state index contributed by atoms with van der Waals surface area (Å²) in [6, 6.07) is 7.19. The highest BCUT2D eigenvalue weighted by Crippen LogP contribution is 2.30. The van der Waals surface area contributed by atoms with Crippen LogP contribution in [0.5, 0.6) is 5.75 Å². The van der Waals surface area contributed by atoms with Gasteiger partial charge in [-0.25, -0.2) is 0 Å². The maximum Gasteiger partial charge on any atom is 0.123 e. The molecular formula is C16H26N2O. The highest BCUT2D eigenvalue weighted by atomic mass is 16.5. The summed E-state index contributed by atoms with van der Waals surface area (Å²) in [6.07, 6.45) is 2.71. The molecule has 1 aromatic carbocycles. The second kappa shape index (κ2) is 6.40. The van der Waals surface area contributed by atoms with Gasteiger partial charge in [0.05, 0.1) is 7.11 Å². The van der Waals surface area contributed by atoms with Crippen molar-refractivity contribution >= 4 is 0 Å². The lowest BCUT2D eigenvalue weighted by atomic mass is 10.1. The molecule has 1 aliphatic rings. The Labute approximate surface area is 116 Å². The number of benzene rings is 1. The Morgan fingerprint density at radius 3 is 2.63 bits per heavy atom. The van der Waals surface area contributed by atoms with E-state index < -0.39 is 0 Å². The molecular weight excluding hydrogens is 236 g/mol. The van der Waals surface area contributed by atoms with Crippen LogP contribution in [0.2, 0.25) is 0 Å². The summed E-state index contributed by atoms with van der Waals surface area (Å²) in [6.45, 7) is 7.31. The molecule has 106 valence electrons. The van der Waals surface area contributed by atoms with Crippen LogP contribution in [0.1, 0.15) is 37.8 Å². The number of nitrogens with two attached hydrogens (primary N) is 1. The molecule has 1 aromatic rings.